The molecule has 1 aromatic heterocycles. The van der Waals surface area contributed by atoms with Crippen molar-refractivity contribution in [2.24, 2.45) is 0 Å². The fraction of sp³-hybridized carbons (Fsp3) is 0.121. The van der Waals surface area contributed by atoms with E-state index in [2.05, 4.69) is 82.7 Å². The van der Waals surface area contributed by atoms with Crippen molar-refractivity contribution in [1.82, 2.24) is 4.98 Å². The minimum atomic E-state index is 0.955. The molecular formula is C33H22N2. The number of fused-ring (bicyclic) bond motifs is 12. The van der Waals surface area contributed by atoms with Gasteiger partial charge in [0.2, 0.25) is 0 Å². The van der Waals surface area contributed by atoms with Crippen molar-refractivity contribution in [3.63, 3.8) is 0 Å². The van der Waals surface area contributed by atoms with Crippen LogP contribution >= 0.6 is 0 Å². The summed E-state index contributed by atoms with van der Waals surface area (Å²) in [5, 5.41) is 0. The smallest absolute Gasteiger partial charge is 0.0532 e. The Balaban J connectivity index is 1.36. The van der Waals surface area contributed by atoms with Crippen LogP contribution in [0.15, 0.2) is 85.2 Å². The summed E-state index contributed by atoms with van der Waals surface area (Å²) in [6.45, 7) is 0. The molecule has 0 N–H and O–H groups in total. The summed E-state index contributed by atoms with van der Waals surface area (Å²) < 4.78 is 0. The molecular weight excluding hydrogens is 424 g/mol. The van der Waals surface area contributed by atoms with Crippen molar-refractivity contribution >= 4 is 17.1 Å². The van der Waals surface area contributed by atoms with E-state index in [-0.39, 0.29) is 0 Å². The fourth-order valence-electron chi connectivity index (χ4n) is 7.20. The number of hydrogen-bond acceptors (Lipinski definition) is 2. The maximum atomic E-state index is 4.46. The molecule has 0 radical (unpaired) electrons. The summed E-state index contributed by atoms with van der Waals surface area (Å²) in [5.41, 5.74) is 21.4. The number of pyridine rings is 1. The Hall–Kier alpha value is -4.17. The molecule has 2 aliphatic carbocycles. The molecule has 5 aromatic rings. The first-order valence-electron chi connectivity index (χ1n) is 12.6. The van der Waals surface area contributed by atoms with Gasteiger partial charge in [-0.25, -0.2) is 0 Å². The molecule has 0 amide bonds. The standard InChI is InChI=1S/C33H22N2/c1-2-7-26-19(4-1)14-20-8-9-22-15-21-10-11-29-27(31(21)32(22)30(20)26)17-24-6-3-5-23-16-25-18-34-13-12-28(25)35(29)33(23)24/h1-13,18H,14-17H2. The van der Waals surface area contributed by atoms with E-state index in [0.29, 0.717) is 0 Å². The summed E-state index contributed by atoms with van der Waals surface area (Å²) in [4.78, 5) is 6.98. The minimum absolute atomic E-state index is 0.955. The van der Waals surface area contributed by atoms with Gasteiger partial charge in [0.25, 0.3) is 0 Å². The zero-order valence-corrected chi connectivity index (χ0v) is 19.3. The van der Waals surface area contributed by atoms with Crippen LogP contribution in [0, 0.1) is 0 Å². The van der Waals surface area contributed by atoms with Crippen LogP contribution in [0.5, 0.6) is 0 Å². The van der Waals surface area contributed by atoms with Gasteiger partial charge in [0, 0.05) is 25.2 Å². The molecule has 0 saturated carbocycles. The first kappa shape index (κ1) is 18.2. The van der Waals surface area contributed by atoms with Gasteiger partial charge in [-0.3, -0.25) is 4.98 Å². The van der Waals surface area contributed by atoms with Crippen LogP contribution in [0.3, 0.4) is 0 Å². The monoisotopic (exact) mass is 446 g/mol. The fourth-order valence-corrected chi connectivity index (χ4v) is 7.20. The van der Waals surface area contributed by atoms with Gasteiger partial charge in [0.15, 0.2) is 0 Å². The van der Waals surface area contributed by atoms with E-state index >= 15 is 0 Å². The molecule has 0 spiro atoms. The summed E-state index contributed by atoms with van der Waals surface area (Å²) in [6, 6.07) is 27.6. The summed E-state index contributed by atoms with van der Waals surface area (Å²) in [7, 11) is 0. The molecule has 0 fully saturated rings. The lowest BCUT2D eigenvalue weighted by molar-refractivity contribution is 1.00. The quantitative estimate of drug-likeness (QED) is 0.240. The number of aromatic nitrogens is 1. The van der Waals surface area contributed by atoms with Crippen molar-refractivity contribution in [1.29, 1.82) is 0 Å². The Morgan fingerprint density at radius 3 is 2.17 bits per heavy atom. The summed E-state index contributed by atoms with van der Waals surface area (Å²) in [6.07, 6.45) is 8.00. The SMILES string of the molecule is c1ccc2c(c1)Cc1ccc3c(c1-2)-c1c(ccc2c1Cc1cccc4c1N2c1ccncc1C4)C3. The molecule has 35 heavy (non-hydrogen) atoms. The highest BCUT2D eigenvalue weighted by atomic mass is 15.2. The van der Waals surface area contributed by atoms with Gasteiger partial charge in [0.05, 0.1) is 17.1 Å². The van der Waals surface area contributed by atoms with Crippen LogP contribution in [0.2, 0.25) is 0 Å². The number of hydrogen-bond donors (Lipinski definition) is 0. The molecule has 2 nitrogen and oxygen atoms in total. The first-order valence-corrected chi connectivity index (χ1v) is 12.6. The molecule has 164 valence electrons. The van der Waals surface area contributed by atoms with Crippen molar-refractivity contribution in [3.05, 3.63) is 130 Å². The zero-order chi connectivity index (χ0) is 22.7. The second kappa shape index (κ2) is 6.28. The van der Waals surface area contributed by atoms with Crippen LogP contribution < -0.4 is 4.90 Å². The maximum Gasteiger partial charge on any atom is 0.0532 e. The van der Waals surface area contributed by atoms with Gasteiger partial charge in [-0.05, 0) is 91.7 Å². The van der Waals surface area contributed by atoms with E-state index < -0.39 is 0 Å². The molecule has 3 heterocycles. The van der Waals surface area contributed by atoms with E-state index in [9.17, 15) is 0 Å². The third-order valence-electron chi connectivity index (χ3n) is 8.59. The molecule has 2 heteroatoms. The van der Waals surface area contributed by atoms with Crippen molar-refractivity contribution in [2.45, 2.75) is 25.7 Å². The van der Waals surface area contributed by atoms with Crippen LogP contribution in [-0.4, -0.2) is 4.98 Å². The van der Waals surface area contributed by atoms with Crippen molar-refractivity contribution < 1.29 is 0 Å². The Labute approximate surface area is 204 Å². The van der Waals surface area contributed by atoms with Gasteiger partial charge >= 0.3 is 0 Å². The molecule has 2 aliphatic heterocycles. The van der Waals surface area contributed by atoms with Gasteiger partial charge < -0.3 is 4.90 Å². The second-order valence-corrected chi connectivity index (χ2v) is 10.4. The molecule has 0 unspecified atom stereocenters. The molecule has 4 aliphatic rings. The third kappa shape index (κ3) is 2.23. The second-order valence-electron chi connectivity index (χ2n) is 10.4. The summed E-state index contributed by atoms with van der Waals surface area (Å²) in [5.74, 6) is 0. The number of para-hydroxylation sites is 1. The topological polar surface area (TPSA) is 16.1 Å². The Morgan fingerprint density at radius 1 is 0.514 bits per heavy atom. The predicted molar refractivity (Wildman–Crippen MR) is 141 cm³/mol. The maximum absolute atomic E-state index is 4.46. The Bertz CT molecular complexity index is 1760. The minimum Gasteiger partial charge on any atom is -0.309 e. The molecule has 4 aromatic carbocycles. The first-order chi connectivity index (χ1) is 17.3. The van der Waals surface area contributed by atoms with E-state index in [1.54, 1.807) is 0 Å². The van der Waals surface area contributed by atoms with Gasteiger partial charge in [0.1, 0.15) is 0 Å². The van der Waals surface area contributed by atoms with E-state index in [0.717, 1.165) is 25.7 Å². The predicted octanol–water partition coefficient (Wildman–Crippen LogP) is 7.50. The van der Waals surface area contributed by atoms with Crippen LogP contribution in [0.1, 0.15) is 44.5 Å². The average molecular weight is 447 g/mol. The van der Waals surface area contributed by atoms with Crippen molar-refractivity contribution in [3.8, 4) is 22.3 Å². The van der Waals surface area contributed by atoms with Gasteiger partial charge in [-0.15, -0.1) is 0 Å². The number of nitrogens with zero attached hydrogens (tertiary/aromatic N) is 2. The highest BCUT2D eigenvalue weighted by molar-refractivity contribution is 6.00. The molecule has 0 saturated heterocycles. The highest BCUT2D eigenvalue weighted by Crippen LogP contribution is 2.56. The van der Waals surface area contributed by atoms with Crippen LogP contribution in [-0.2, 0) is 25.7 Å². The van der Waals surface area contributed by atoms with Gasteiger partial charge in [-0.1, -0.05) is 60.7 Å². The Kier molecular flexibility index (Phi) is 3.27. The Morgan fingerprint density at radius 2 is 1.23 bits per heavy atom. The molecule has 0 atom stereocenters. The van der Waals surface area contributed by atoms with Gasteiger partial charge in [-0.2, -0.15) is 0 Å². The molecule has 9 rings (SSSR count). The van der Waals surface area contributed by atoms with Crippen LogP contribution in [0.4, 0.5) is 17.1 Å². The highest BCUT2D eigenvalue weighted by Gasteiger charge is 2.36. The third-order valence-corrected chi connectivity index (χ3v) is 8.59. The van der Waals surface area contributed by atoms with E-state index in [1.165, 1.54) is 83.8 Å². The number of rotatable bonds is 0. The largest absolute Gasteiger partial charge is 0.309 e. The lowest BCUT2D eigenvalue weighted by Gasteiger charge is -2.40. The zero-order valence-electron chi connectivity index (χ0n) is 19.3. The lowest BCUT2D eigenvalue weighted by Crippen LogP contribution is -2.25. The normalized spacial score (nSPS) is 14.9. The number of anilines is 3. The van der Waals surface area contributed by atoms with E-state index in [1.807, 2.05) is 12.4 Å². The molecule has 0 bridgehead atoms. The summed E-state index contributed by atoms with van der Waals surface area (Å²) >= 11 is 0. The average Bonchev–Trinajstić information content (AvgIpc) is 3.46. The number of benzene rings is 4. The lowest BCUT2D eigenvalue weighted by atomic mass is 9.83. The van der Waals surface area contributed by atoms with Crippen molar-refractivity contribution in [2.75, 3.05) is 4.90 Å². The van der Waals surface area contributed by atoms with E-state index in [4.69, 9.17) is 0 Å². The van der Waals surface area contributed by atoms with Crippen LogP contribution in [0.25, 0.3) is 22.3 Å².